The molecule has 1 heterocycles. The fourth-order valence-electron chi connectivity index (χ4n) is 2.78. The van der Waals surface area contributed by atoms with Crippen LogP contribution in [-0.2, 0) is 4.79 Å². The van der Waals surface area contributed by atoms with E-state index in [1.807, 2.05) is 0 Å². The zero-order chi connectivity index (χ0) is 14.6. The smallest absolute Gasteiger partial charge is 0.337 e. The Morgan fingerprint density at radius 2 is 2.15 bits per heavy atom. The van der Waals surface area contributed by atoms with Crippen molar-refractivity contribution in [3.63, 3.8) is 0 Å². The Bertz CT molecular complexity index is 508. The van der Waals surface area contributed by atoms with E-state index in [4.69, 9.17) is 5.11 Å². The van der Waals surface area contributed by atoms with Gasteiger partial charge in [-0.2, -0.15) is 0 Å². The second kappa shape index (κ2) is 6.05. The van der Waals surface area contributed by atoms with Gasteiger partial charge in [-0.15, -0.1) is 0 Å². The molecule has 0 bridgehead atoms. The summed E-state index contributed by atoms with van der Waals surface area (Å²) in [7, 11) is 0. The summed E-state index contributed by atoms with van der Waals surface area (Å²) in [4.78, 5) is 23.7. The number of rotatable bonds is 5. The van der Waals surface area contributed by atoms with Crippen molar-refractivity contribution in [1.82, 2.24) is 5.32 Å². The molecule has 0 spiro atoms. The lowest BCUT2D eigenvalue weighted by Gasteiger charge is -2.26. The molecule has 1 aliphatic rings. The highest BCUT2D eigenvalue weighted by Gasteiger charge is 2.40. The van der Waals surface area contributed by atoms with Crippen LogP contribution in [0.25, 0.3) is 0 Å². The summed E-state index contributed by atoms with van der Waals surface area (Å²) >= 11 is 0. The summed E-state index contributed by atoms with van der Waals surface area (Å²) in [5, 5.41) is 15.2. The number of carbonyl (C=O) groups is 2. The molecule has 5 nitrogen and oxygen atoms in total. The van der Waals surface area contributed by atoms with Gasteiger partial charge in [-0.25, -0.2) is 4.79 Å². The minimum absolute atomic E-state index is 0.0851. The Morgan fingerprint density at radius 3 is 2.75 bits per heavy atom. The van der Waals surface area contributed by atoms with Gasteiger partial charge in [0.25, 0.3) is 0 Å². The number of hydrogen-bond acceptors (Lipinski definition) is 3. The van der Waals surface area contributed by atoms with Crippen molar-refractivity contribution < 1.29 is 14.7 Å². The van der Waals surface area contributed by atoms with Gasteiger partial charge in [-0.1, -0.05) is 25.5 Å². The summed E-state index contributed by atoms with van der Waals surface area (Å²) in [5.74, 6) is -1.12. The Balaban J connectivity index is 2.21. The summed E-state index contributed by atoms with van der Waals surface area (Å²) in [6.45, 7) is 3.54. The number of para-hydroxylation sites is 1. The summed E-state index contributed by atoms with van der Waals surface area (Å²) in [6.07, 6.45) is 2.53. The second-order valence-electron chi connectivity index (χ2n) is 5.26. The van der Waals surface area contributed by atoms with Crippen molar-refractivity contribution in [3.05, 3.63) is 29.8 Å². The summed E-state index contributed by atoms with van der Waals surface area (Å²) < 4.78 is 0. The maximum atomic E-state index is 12.6. The van der Waals surface area contributed by atoms with Crippen LogP contribution in [0, 0.1) is 5.41 Å². The third-order valence-electron chi connectivity index (χ3n) is 3.86. The molecule has 1 aliphatic heterocycles. The van der Waals surface area contributed by atoms with Crippen LogP contribution in [-0.4, -0.2) is 30.1 Å². The average molecular weight is 276 g/mol. The maximum Gasteiger partial charge on any atom is 0.337 e. The number of amides is 1. The van der Waals surface area contributed by atoms with Gasteiger partial charge < -0.3 is 15.7 Å². The normalized spacial score (nSPS) is 21.6. The molecule has 0 aliphatic carbocycles. The second-order valence-corrected chi connectivity index (χ2v) is 5.26. The van der Waals surface area contributed by atoms with Gasteiger partial charge in [0.15, 0.2) is 0 Å². The lowest BCUT2D eigenvalue weighted by atomic mass is 9.81. The van der Waals surface area contributed by atoms with Crippen LogP contribution in [0.15, 0.2) is 24.3 Å². The third kappa shape index (κ3) is 2.82. The molecule has 0 saturated carbocycles. The van der Waals surface area contributed by atoms with E-state index in [0.717, 1.165) is 25.8 Å². The molecular formula is C15H20N2O3. The van der Waals surface area contributed by atoms with Crippen molar-refractivity contribution in [2.24, 2.45) is 5.41 Å². The first-order valence-corrected chi connectivity index (χ1v) is 6.93. The number of anilines is 1. The molecule has 0 radical (unpaired) electrons. The van der Waals surface area contributed by atoms with Crippen molar-refractivity contribution in [2.45, 2.75) is 26.2 Å². The van der Waals surface area contributed by atoms with Gasteiger partial charge >= 0.3 is 5.97 Å². The van der Waals surface area contributed by atoms with Crippen molar-refractivity contribution in [1.29, 1.82) is 0 Å². The molecule has 1 saturated heterocycles. The quantitative estimate of drug-likeness (QED) is 0.769. The fraction of sp³-hybridized carbons (Fsp3) is 0.467. The Labute approximate surface area is 118 Å². The number of carboxylic acids is 1. The van der Waals surface area contributed by atoms with Gasteiger partial charge in [0.05, 0.1) is 16.7 Å². The van der Waals surface area contributed by atoms with Crippen LogP contribution in [0.3, 0.4) is 0 Å². The van der Waals surface area contributed by atoms with Gasteiger partial charge in [-0.05, 0) is 31.5 Å². The zero-order valence-electron chi connectivity index (χ0n) is 11.6. The SMILES string of the molecule is CCCC1(C(=O)Nc2ccccc2C(=O)O)CCNC1. The van der Waals surface area contributed by atoms with Crippen LogP contribution in [0.2, 0.25) is 0 Å². The van der Waals surface area contributed by atoms with Crippen molar-refractivity contribution in [3.8, 4) is 0 Å². The highest BCUT2D eigenvalue weighted by Crippen LogP contribution is 2.33. The maximum absolute atomic E-state index is 12.6. The van der Waals surface area contributed by atoms with Crippen molar-refractivity contribution in [2.75, 3.05) is 18.4 Å². The lowest BCUT2D eigenvalue weighted by Crippen LogP contribution is -2.38. The van der Waals surface area contributed by atoms with Gasteiger partial charge in [0, 0.05) is 6.54 Å². The molecule has 1 fully saturated rings. The molecule has 3 N–H and O–H groups in total. The van der Waals surface area contributed by atoms with E-state index in [9.17, 15) is 9.59 Å². The van der Waals surface area contributed by atoms with Crippen LogP contribution < -0.4 is 10.6 Å². The molecule has 108 valence electrons. The molecule has 0 aromatic heterocycles. The predicted octanol–water partition coefficient (Wildman–Crippen LogP) is 2.10. The average Bonchev–Trinajstić information content (AvgIpc) is 2.89. The molecule has 2 rings (SSSR count). The summed E-state index contributed by atoms with van der Waals surface area (Å²) in [5.41, 5.74) is 0.0752. The molecule has 1 aromatic carbocycles. The van der Waals surface area contributed by atoms with E-state index >= 15 is 0 Å². The first kappa shape index (κ1) is 14.5. The highest BCUT2D eigenvalue weighted by atomic mass is 16.4. The van der Waals surface area contributed by atoms with Crippen LogP contribution in [0.1, 0.15) is 36.5 Å². The van der Waals surface area contributed by atoms with E-state index in [-0.39, 0.29) is 11.5 Å². The predicted molar refractivity (Wildman–Crippen MR) is 76.9 cm³/mol. The molecular weight excluding hydrogens is 256 g/mol. The molecule has 1 amide bonds. The minimum Gasteiger partial charge on any atom is -0.478 e. The summed E-state index contributed by atoms with van der Waals surface area (Å²) in [6, 6.07) is 6.50. The lowest BCUT2D eigenvalue weighted by molar-refractivity contribution is -0.125. The number of carboxylic acid groups (broad SMARTS) is 1. The standard InChI is InChI=1S/C15H20N2O3/c1-2-7-15(8-9-16-10-15)14(20)17-12-6-4-3-5-11(12)13(18)19/h3-6,16H,2,7-10H2,1H3,(H,17,20)(H,18,19). The van der Waals surface area contributed by atoms with E-state index in [2.05, 4.69) is 17.6 Å². The number of hydrogen-bond donors (Lipinski definition) is 3. The highest BCUT2D eigenvalue weighted by molar-refractivity contribution is 6.02. The first-order chi connectivity index (χ1) is 9.59. The number of benzene rings is 1. The zero-order valence-corrected chi connectivity index (χ0v) is 11.6. The van der Waals surface area contributed by atoms with E-state index in [1.54, 1.807) is 18.2 Å². The Hall–Kier alpha value is -1.88. The molecule has 5 heteroatoms. The molecule has 1 unspecified atom stereocenters. The van der Waals surface area contributed by atoms with E-state index < -0.39 is 11.4 Å². The Kier molecular flexibility index (Phi) is 4.39. The number of aromatic carboxylic acids is 1. The molecule has 1 atom stereocenters. The van der Waals surface area contributed by atoms with Crippen LogP contribution in [0.4, 0.5) is 5.69 Å². The van der Waals surface area contributed by atoms with E-state index in [0.29, 0.717) is 12.2 Å². The fourth-order valence-corrected chi connectivity index (χ4v) is 2.78. The van der Waals surface area contributed by atoms with Crippen LogP contribution in [0.5, 0.6) is 0 Å². The first-order valence-electron chi connectivity index (χ1n) is 6.93. The van der Waals surface area contributed by atoms with Crippen LogP contribution >= 0.6 is 0 Å². The molecule has 1 aromatic rings. The largest absolute Gasteiger partial charge is 0.478 e. The number of carbonyl (C=O) groups excluding carboxylic acids is 1. The topological polar surface area (TPSA) is 78.4 Å². The van der Waals surface area contributed by atoms with Gasteiger partial charge in [0.2, 0.25) is 5.91 Å². The van der Waals surface area contributed by atoms with Gasteiger partial charge in [-0.3, -0.25) is 4.79 Å². The van der Waals surface area contributed by atoms with Crippen molar-refractivity contribution >= 4 is 17.6 Å². The number of nitrogens with one attached hydrogen (secondary N) is 2. The van der Waals surface area contributed by atoms with E-state index in [1.165, 1.54) is 6.07 Å². The monoisotopic (exact) mass is 276 g/mol. The molecule has 20 heavy (non-hydrogen) atoms. The Morgan fingerprint density at radius 1 is 1.40 bits per heavy atom. The minimum atomic E-state index is -1.03. The third-order valence-corrected chi connectivity index (χ3v) is 3.86. The van der Waals surface area contributed by atoms with Gasteiger partial charge in [0.1, 0.15) is 0 Å².